The lowest BCUT2D eigenvalue weighted by molar-refractivity contribution is -0.0174. The van der Waals surface area contributed by atoms with Crippen LogP contribution in [0.3, 0.4) is 0 Å². The van der Waals surface area contributed by atoms with Crippen molar-refractivity contribution in [1.82, 2.24) is 14.9 Å². The molecular weight excluding hydrogens is 218 g/mol. The first kappa shape index (κ1) is 11.6. The summed E-state index contributed by atoms with van der Waals surface area (Å²) in [5.41, 5.74) is -0.583. The predicted octanol–water partition coefficient (Wildman–Crippen LogP) is -0.0881. The summed E-state index contributed by atoms with van der Waals surface area (Å²) in [5.74, 6) is 0. The first-order chi connectivity index (χ1) is 8.10. The Kier molecular flexibility index (Phi) is 2.84. The van der Waals surface area contributed by atoms with E-state index in [0.717, 1.165) is 6.54 Å². The van der Waals surface area contributed by atoms with Gasteiger partial charge in [0.25, 0.3) is 0 Å². The Labute approximate surface area is 99.1 Å². The van der Waals surface area contributed by atoms with E-state index in [0.29, 0.717) is 13.0 Å². The molecule has 2 atom stereocenters. The highest BCUT2D eigenvalue weighted by Gasteiger charge is 2.37. The highest BCUT2D eigenvalue weighted by atomic mass is 16.3. The standard InChI is InChI=1S/C11H13N5O/c1-11(17)2-3-14-6-10(11)16-7-15-8(4-12)9(16)5-13/h7,10,14,17H,2-3,6H2,1H3. The number of nitrogens with zero attached hydrogens (tertiary/aromatic N) is 4. The zero-order valence-electron chi connectivity index (χ0n) is 9.51. The van der Waals surface area contributed by atoms with Crippen molar-refractivity contribution in [2.75, 3.05) is 13.1 Å². The SMILES string of the molecule is CC1(O)CCNCC1n1cnc(C#N)c1C#N. The summed E-state index contributed by atoms with van der Waals surface area (Å²) in [7, 11) is 0. The highest BCUT2D eigenvalue weighted by molar-refractivity contribution is 5.36. The van der Waals surface area contributed by atoms with Gasteiger partial charge in [-0.3, -0.25) is 0 Å². The van der Waals surface area contributed by atoms with Crippen LogP contribution in [0.15, 0.2) is 6.33 Å². The van der Waals surface area contributed by atoms with E-state index in [1.807, 2.05) is 12.1 Å². The second-order valence-electron chi connectivity index (χ2n) is 4.40. The van der Waals surface area contributed by atoms with Gasteiger partial charge in [0.05, 0.1) is 18.0 Å². The average Bonchev–Trinajstić information content (AvgIpc) is 2.70. The number of rotatable bonds is 1. The molecule has 0 aliphatic carbocycles. The van der Waals surface area contributed by atoms with Gasteiger partial charge in [0, 0.05) is 6.54 Å². The molecular formula is C11H13N5O. The number of aliphatic hydroxyl groups is 1. The van der Waals surface area contributed by atoms with E-state index in [1.165, 1.54) is 6.33 Å². The van der Waals surface area contributed by atoms with Crippen molar-refractivity contribution in [1.29, 1.82) is 10.5 Å². The Balaban J connectivity index is 2.44. The number of aromatic nitrogens is 2. The van der Waals surface area contributed by atoms with Crippen molar-refractivity contribution in [2.24, 2.45) is 0 Å². The number of imidazole rings is 1. The maximum Gasteiger partial charge on any atom is 0.176 e. The number of hydrogen-bond acceptors (Lipinski definition) is 5. The molecule has 1 aromatic rings. The minimum atomic E-state index is -0.899. The Morgan fingerprint density at radius 1 is 1.59 bits per heavy atom. The summed E-state index contributed by atoms with van der Waals surface area (Å²) >= 11 is 0. The molecule has 2 heterocycles. The molecule has 0 bridgehead atoms. The fourth-order valence-corrected chi connectivity index (χ4v) is 2.15. The molecule has 0 radical (unpaired) electrons. The molecule has 0 saturated carbocycles. The lowest BCUT2D eigenvalue weighted by Crippen LogP contribution is -2.49. The van der Waals surface area contributed by atoms with Gasteiger partial charge in [0.1, 0.15) is 12.1 Å². The molecule has 88 valence electrons. The topological polar surface area (TPSA) is 97.7 Å². The molecule has 17 heavy (non-hydrogen) atoms. The molecule has 6 heteroatoms. The summed E-state index contributed by atoms with van der Waals surface area (Å²) in [6, 6.07) is 3.57. The molecule has 0 spiro atoms. The molecule has 2 N–H and O–H groups in total. The highest BCUT2D eigenvalue weighted by Crippen LogP contribution is 2.29. The van der Waals surface area contributed by atoms with Crippen molar-refractivity contribution in [3.63, 3.8) is 0 Å². The molecule has 0 aromatic carbocycles. The van der Waals surface area contributed by atoms with Crippen LogP contribution in [0.2, 0.25) is 0 Å². The lowest BCUT2D eigenvalue weighted by Gasteiger charge is -2.38. The quantitative estimate of drug-likeness (QED) is 0.704. The predicted molar refractivity (Wildman–Crippen MR) is 58.8 cm³/mol. The smallest absolute Gasteiger partial charge is 0.176 e. The van der Waals surface area contributed by atoms with Gasteiger partial charge in [-0.25, -0.2) is 4.98 Å². The normalized spacial score (nSPS) is 28.4. The average molecular weight is 231 g/mol. The molecule has 1 saturated heterocycles. The zero-order chi connectivity index (χ0) is 12.5. The van der Waals surface area contributed by atoms with Crippen LogP contribution in [0, 0.1) is 22.7 Å². The summed E-state index contributed by atoms with van der Waals surface area (Å²) in [6.07, 6.45) is 2.05. The monoisotopic (exact) mass is 231 g/mol. The fraction of sp³-hybridized carbons (Fsp3) is 0.545. The first-order valence-electron chi connectivity index (χ1n) is 5.40. The third kappa shape index (κ3) is 1.89. The van der Waals surface area contributed by atoms with Gasteiger partial charge in [0.15, 0.2) is 11.4 Å². The number of piperidine rings is 1. The third-order valence-electron chi connectivity index (χ3n) is 3.20. The summed E-state index contributed by atoms with van der Waals surface area (Å²) < 4.78 is 1.59. The van der Waals surface area contributed by atoms with Crippen LogP contribution >= 0.6 is 0 Å². The second-order valence-corrected chi connectivity index (χ2v) is 4.40. The largest absolute Gasteiger partial charge is 0.388 e. The molecule has 6 nitrogen and oxygen atoms in total. The van der Waals surface area contributed by atoms with E-state index in [9.17, 15) is 5.11 Å². The van der Waals surface area contributed by atoms with Gasteiger partial charge in [-0.2, -0.15) is 10.5 Å². The molecule has 1 aromatic heterocycles. The van der Waals surface area contributed by atoms with Gasteiger partial charge in [-0.05, 0) is 19.9 Å². The van der Waals surface area contributed by atoms with E-state index >= 15 is 0 Å². The Bertz CT molecular complexity index is 505. The van der Waals surface area contributed by atoms with Crippen LogP contribution in [0.4, 0.5) is 0 Å². The van der Waals surface area contributed by atoms with Crippen LogP contribution in [0.5, 0.6) is 0 Å². The van der Waals surface area contributed by atoms with E-state index in [1.54, 1.807) is 11.5 Å². The van der Waals surface area contributed by atoms with Gasteiger partial charge < -0.3 is 15.0 Å². The Hall–Kier alpha value is -1.89. The van der Waals surface area contributed by atoms with Crippen LogP contribution < -0.4 is 5.32 Å². The van der Waals surface area contributed by atoms with Crippen LogP contribution in [-0.2, 0) is 0 Å². The Morgan fingerprint density at radius 2 is 2.35 bits per heavy atom. The molecule has 1 fully saturated rings. The van der Waals surface area contributed by atoms with Gasteiger partial charge >= 0.3 is 0 Å². The van der Waals surface area contributed by atoms with Crippen LogP contribution in [0.1, 0.15) is 30.8 Å². The Morgan fingerprint density at radius 3 is 2.94 bits per heavy atom. The molecule has 1 aliphatic heterocycles. The zero-order valence-corrected chi connectivity index (χ0v) is 9.51. The minimum absolute atomic E-state index is 0.105. The molecule has 2 unspecified atom stereocenters. The van der Waals surface area contributed by atoms with E-state index in [-0.39, 0.29) is 17.4 Å². The molecule has 1 aliphatic rings. The minimum Gasteiger partial charge on any atom is -0.388 e. The summed E-state index contributed by atoms with van der Waals surface area (Å²) in [6.45, 7) is 3.04. The van der Waals surface area contributed by atoms with Gasteiger partial charge in [-0.15, -0.1) is 0 Å². The number of hydrogen-bond donors (Lipinski definition) is 2. The number of nitriles is 2. The van der Waals surface area contributed by atoms with Crippen molar-refractivity contribution in [2.45, 2.75) is 25.0 Å². The van der Waals surface area contributed by atoms with Crippen LogP contribution in [0.25, 0.3) is 0 Å². The number of nitrogens with one attached hydrogen (secondary N) is 1. The lowest BCUT2D eigenvalue weighted by atomic mass is 9.89. The van der Waals surface area contributed by atoms with Gasteiger partial charge in [0.2, 0.25) is 0 Å². The fourth-order valence-electron chi connectivity index (χ4n) is 2.15. The second kappa shape index (κ2) is 4.17. The molecule has 2 rings (SSSR count). The van der Waals surface area contributed by atoms with Crippen molar-refractivity contribution in [3.8, 4) is 12.1 Å². The van der Waals surface area contributed by atoms with Crippen molar-refractivity contribution < 1.29 is 5.11 Å². The van der Waals surface area contributed by atoms with Crippen molar-refractivity contribution >= 4 is 0 Å². The van der Waals surface area contributed by atoms with E-state index < -0.39 is 5.60 Å². The third-order valence-corrected chi connectivity index (χ3v) is 3.20. The maximum absolute atomic E-state index is 10.3. The summed E-state index contributed by atoms with van der Waals surface area (Å²) in [5, 5.41) is 31.4. The van der Waals surface area contributed by atoms with E-state index in [2.05, 4.69) is 10.3 Å². The molecule has 0 amide bonds. The maximum atomic E-state index is 10.3. The first-order valence-corrected chi connectivity index (χ1v) is 5.40. The van der Waals surface area contributed by atoms with Crippen molar-refractivity contribution in [3.05, 3.63) is 17.7 Å². The van der Waals surface area contributed by atoms with Gasteiger partial charge in [-0.1, -0.05) is 0 Å². The van der Waals surface area contributed by atoms with E-state index in [4.69, 9.17) is 10.5 Å². The van der Waals surface area contributed by atoms with Crippen LogP contribution in [-0.4, -0.2) is 33.3 Å². The summed E-state index contributed by atoms with van der Waals surface area (Å²) in [4.78, 5) is 3.89.